The van der Waals surface area contributed by atoms with Crippen LogP contribution in [0.15, 0.2) is 78.9 Å². The Morgan fingerprint density at radius 2 is 1.69 bits per heavy atom. The first-order valence-corrected chi connectivity index (χ1v) is 9.87. The van der Waals surface area contributed by atoms with Crippen LogP contribution >= 0.6 is 0 Å². The van der Waals surface area contributed by atoms with Crippen molar-refractivity contribution < 1.29 is 4.79 Å². The lowest BCUT2D eigenvalue weighted by molar-refractivity contribution is -0.133. The maximum absolute atomic E-state index is 13.3. The summed E-state index contributed by atoms with van der Waals surface area (Å²) in [7, 11) is 0. The SMILES string of the molecule is N#Cc1ccc2c(c1)CN(C(=O)Cc1ccccc1)C(Cc1ccccc1)CN2. The minimum atomic E-state index is 0.0338. The van der Waals surface area contributed by atoms with Gasteiger partial charge in [-0.2, -0.15) is 5.26 Å². The summed E-state index contributed by atoms with van der Waals surface area (Å²) in [5.74, 6) is 0.106. The Balaban J connectivity index is 1.63. The highest BCUT2D eigenvalue weighted by Crippen LogP contribution is 2.26. The predicted molar refractivity (Wildman–Crippen MR) is 114 cm³/mol. The van der Waals surface area contributed by atoms with Gasteiger partial charge in [0.05, 0.1) is 24.1 Å². The number of nitriles is 1. The number of rotatable bonds is 4. The molecule has 0 saturated heterocycles. The Labute approximate surface area is 171 Å². The van der Waals surface area contributed by atoms with E-state index in [1.165, 1.54) is 5.56 Å². The summed E-state index contributed by atoms with van der Waals surface area (Å²) in [6.45, 7) is 1.18. The van der Waals surface area contributed by atoms with Crippen LogP contribution in [-0.2, 0) is 24.2 Å². The maximum Gasteiger partial charge on any atom is 0.227 e. The second-order valence-electron chi connectivity index (χ2n) is 7.39. The van der Waals surface area contributed by atoms with Crippen molar-refractivity contribution in [2.24, 2.45) is 0 Å². The van der Waals surface area contributed by atoms with Crippen molar-refractivity contribution in [1.29, 1.82) is 5.26 Å². The molecule has 0 aromatic heterocycles. The molecule has 1 N–H and O–H groups in total. The van der Waals surface area contributed by atoms with Gasteiger partial charge < -0.3 is 10.2 Å². The van der Waals surface area contributed by atoms with Gasteiger partial charge in [0.1, 0.15) is 0 Å². The first kappa shape index (κ1) is 18.8. The third kappa shape index (κ3) is 4.47. The standard InChI is InChI=1S/C25H23N3O/c26-16-21-11-12-24-22(13-21)18-28(25(29)15-20-9-5-2-6-10-20)23(17-27-24)14-19-7-3-1-4-8-19/h1-13,23,27H,14-15,17-18H2. The second-order valence-corrected chi connectivity index (χ2v) is 7.39. The summed E-state index contributed by atoms with van der Waals surface area (Å²) in [5.41, 5.74) is 4.82. The van der Waals surface area contributed by atoms with E-state index in [0.717, 1.165) is 23.2 Å². The maximum atomic E-state index is 13.3. The molecule has 3 aromatic carbocycles. The van der Waals surface area contributed by atoms with Crippen LogP contribution in [-0.4, -0.2) is 23.4 Å². The quantitative estimate of drug-likeness (QED) is 0.738. The molecule has 4 nitrogen and oxygen atoms in total. The topological polar surface area (TPSA) is 56.1 Å². The van der Waals surface area contributed by atoms with Gasteiger partial charge in [0.2, 0.25) is 5.91 Å². The number of carbonyl (C=O) groups is 1. The Morgan fingerprint density at radius 3 is 2.38 bits per heavy atom. The number of nitrogens with one attached hydrogen (secondary N) is 1. The monoisotopic (exact) mass is 381 g/mol. The second kappa shape index (κ2) is 8.62. The van der Waals surface area contributed by atoms with Crippen LogP contribution in [0, 0.1) is 11.3 Å². The van der Waals surface area contributed by atoms with Gasteiger partial charge in [-0.1, -0.05) is 60.7 Å². The predicted octanol–water partition coefficient (Wildman–Crippen LogP) is 4.17. The summed E-state index contributed by atoms with van der Waals surface area (Å²) >= 11 is 0. The summed E-state index contributed by atoms with van der Waals surface area (Å²) in [4.78, 5) is 15.3. The van der Waals surface area contributed by atoms with Crippen LogP contribution < -0.4 is 5.32 Å². The Hall–Kier alpha value is -3.58. The minimum Gasteiger partial charge on any atom is -0.383 e. The lowest BCUT2D eigenvalue weighted by atomic mass is 10.0. The number of carbonyl (C=O) groups excluding carboxylic acids is 1. The third-order valence-electron chi connectivity index (χ3n) is 5.38. The Morgan fingerprint density at radius 1 is 1.00 bits per heavy atom. The van der Waals surface area contributed by atoms with Gasteiger partial charge >= 0.3 is 0 Å². The highest BCUT2D eigenvalue weighted by molar-refractivity contribution is 5.80. The van der Waals surface area contributed by atoms with Gasteiger partial charge in [0, 0.05) is 18.8 Å². The van der Waals surface area contributed by atoms with E-state index in [2.05, 4.69) is 23.5 Å². The first-order valence-electron chi connectivity index (χ1n) is 9.87. The highest BCUT2D eigenvalue weighted by atomic mass is 16.2. The van der Waals surface area contributed by atoms with E-state index >= 15 is 0 Å². The van der Waals surface area contributed by atoms with Crippen molar-refractivity contribution in [3.05, 3.63) is 101 Å². The van der Waals surface area contributed by atoms with Crippen LogP contribution in [0.25, 0.3) is 0 Å². The molecule has 0 aliphatic carbocycles. The summed E-state index contributed by atoms with van der Waals surface area (Å²) in [6, 6.07) is 28.0. The molecule has 0 radical (unpaired) electrons. The summed E-state index contributed by atoms with van der Waals surface area (Å²) in [5, 5.41) is 12.8. The smallest absolute Gasteiger partial charge is 0.227 e. The molecule has 1 aliphatic rings. The fourth-order valence-electron chi connectivity index (χ4n) is 3.85. The fraction of sp³-hybridized carbons (Fsp3) is 0.200. The number of fused-ring (bicyclic) bond motifs is 1. The molecule has 0 bridgehead atoms. The van der Waals surface area contributed by atoms with Gasteiger partial charge in [0.15, 0.2) is 0 Å². The number of nitrogens with zero attached hydrogens (tertiary/aromatic N) is 2. The third-order valence-corrected chi connectivity index (χ3v) is 5.38. The van der Waals surface area contributed by atoms with Crippen molar-refractivity contribution in [3.8, 4) is 6.07 Å². The van der Waals surface area contributed by atoms with Gasteiger partial charge in [0.25, 0.3) is 0 Å². The molecule has 144 valence electrons. The zero-order valence-corrected chi connectivity index (χ0v) is 16.2. The van der Waals surface area contributed by atoms with Crippen molar-refractivity contribution in [2.75, 3.05) is 11.9 Å². The molecule has 1 aliphatic heterocycles. The van der Waals surface area contributed by atoms with E-state index in [1.807, 2.05) is 71.6 Å². The minimum absolute atomic E-state index is 0.0338. The fourth-order valence-corrected chi connectivity index (χ4v) is 3.85. The number of hydrogen-bond acceptors (Lipinski definition) is 3. The first-order chi connectivity index (χ1) is 14.2. The van der Waals surface area contributed by atoms with E-state index in [9.17, 15) is 10.1 Å². The molecular weight excluding hydrogens is 358 g/mol. The molecule has 0 spiro atoms. The zero-order valence-electron chi connectivity index (χ0n) is 16.2. The summed E-state index contributed by atoms with van der Waals surface area (Å²) < 4.78 is 0. The van der Waals surface area contributed by atoms with E-state index in [-0.39, 0.29) is 11.9 Å². The normalized spacial score (nSPS) is 15.6. The van der Waals surface area contributed by atoms with E-state index < -0.39 is 0 Å². The van der Waals surface area contributed by atoms with Crippen molar-refractivity contribution in [2.45, 2.75) is 25.4 Å². The van der Waals surface area contributed by atoms with Gasteiger partial charge in [-0.3, -0.25) is 4.79 Å². The van der Waals surface area contributed by atoms with Gasteiger partial charge in [-0.05, 0) is 41.3 Å². The lowest BCUT2D eigenvalue weighted by Gasteiger charge is -2.30. The molecule has 1 atom stereocenters. The van der Waals surface area contributed by atoms with Crippen molar-refractivity contribution in [3.63, 3.8) is 0 Å². The highest BCUT2D eigenvalue weighted by Gasteiger charge is 2.28. The van der Waals surface area contributed by atoms with Gasteiger partial charge in [-0.25, -0.2) is 0 Å². The van der Waals surface area contributed by atoms with E-state index in [1.54, 1.807) is 0 Å². The molecule has 4 rings (SSSR count). The van der Waals surface area contributed by atoms with Crippen LogP contribution in [0.2, 0.25) is 0 Å². The van der Waals surface area contributed by atoms with Crippen LogP contribution in [0.5, 0.6) is 0 Å². The molecule has 0 fully saturated rings. The Kier molecular flexibility index (Phi) is 5.58. The van der Waals surface area contributed by atoms with Gasteiger partial charge in [-0.15, -0.1) is 0 Å². The molecule has 4 heteroatoms. The van der Waals surface area contributed by atoms with Crippen LogP contribution in [0.4, 0.5) is 5.69 Å². The molecular formula is C25H23N3O. The van der Waals surface area contributed by atoms with Crippen LogP contribution in [0.3, 0.4) is 0 Å². The number of anilines is 1. The molecule has 1 unspecified atom stereocenters. The molecule has 1 amide bonds. The zero-order chi connectivity index (χ0) is 20.1. The molecule has 1 heterocycles. The Bertz CT molecular complexity index is 1020. The molecule has 3 aromatic rings. The average Bonchev–Trinajstić information content (AvgIpc) is 2.94. The van der Waals surface area contributed by atoms with E-state index in [0.29, 0.717) is 25.1 Å². The summed E-state index contributed by atoms with van der Waals surface area (Å²) in [6.07, 6.45) is 1.16. The number of hydrogen-bond donors (Lipinski definition) is 1. The number of amides is 1. The van der Waals surface area contributed by atoms with Crippen molar-refractivity contribution in [1.82, 2.24) is 4.90 Å². The molecule has 29 heavy (non-hydrogen) atoms. The average molecular weight is 381 g/mol. The number of benzene rings is 3. The largest absolute Gasteiger partial charge is 0.383 e. The van der Waals surface area contributed by atoms with E-state index in [4.69, 9.17) is 0 Å². The lowest BCUT2D eigenvalue weighted by Crippen LogP contribution is -2.44. The van der Waals surface area contributed by atoms with Crippen molar-refractivity contribution >= 4 is 11.6 Å². The van der Waals surface area contributed by atoms with Crippen LogP contribution in [0.1, 0.15) is 22.3 Å². The molecule has 0 saturated carbocycles.